The molecule has 0 bridgehead atoms. The SMILES string of the molecule is CCOC(=O)CN(CCOC)C(=O)N(CC(=O)O)C1CC1. The summed E-state index contributed by atoms with van der Waals surface area (Å²) in [6.45, 7) is 1.80. The number of carboxylic acids is 1. The molecular formula is C13H22N2O6. The predicted octanol–water partition coefficient (Wildman–Crippen LogP) is 0.167. The summed E-state index contributed by atoms with van der Waals surface area (Å²) in [7, 11) is 1.49. The first-order valence-electron chi connectivity index (χ1n) is 6.91. The highest BCUT2D eigenvalue weighted by molar-refractivity contribution is 5.84. The van der Waals surface area contributed by atoms with Gasteiger partial charge in [0.05, 0.1) is 13.2 Å². The van der Waals surface area contributed by atoms with Crippen LogP contribution in [0, 0.1) is 0 Å². The van der Waals surface area contributed by atoms with Gasteiger partial charge in [0.1, 0.15) is 13.1 Å². The van der Waals surface area contributed by atoms with Crippen molar-refractivity contribution in [1.29, 1.82) is 0 Å². The molecule has 0 unspecified atom stereocenters. The first-order valence-corrected chi connectivity index (χ1v) is 6.91. The van der Waals surface area contributed by atoms with Gasteiger partial charge in [-0.1, -0.05) is 0 Å². The van der Waals surface area contributed by atoms with Crippen molar-refractivity contribution in [1.82, 2.24) is 9.80 Å². The maximum absolute atomic E-state index is 12.4. The highest BCUT2D eigenvalue weighted by Gasteiger charge is 2.36. The summed E-state index contributed by atoms with van der Waals surface area (Å²) in [5, 5.41) is 8.90. The minimum atomic E-state index is -1.07. The molecule has 2 amide bonds. The Kier molecular flexibility index (Phi) is 6.93. The average molecular weight is 302 g/mol. The van der Waals surface area contributed by atoms with Gasteiger partial charge in [-0.05, 0) is 19.8 Å². The van der Waals surface area contributed by atoms with Gasteiger partial charge in [0.25, 0.3) is 0 Å². The Balaban J connectivity index is 2.70. The van der Waals surface area contributed by atoms with Crippen LogP contribution in [-0.2, 0) is 19.1 Å². The van der Waals surface area contributed by atoms with Crippen molar-refractivity contribution >= 4 is 18.0 Å². The maximum atomic E-state index is 12.4. The van der Waals surface area contributed by atoms with Crippen LogP contribution < -0.4 is 0 Å². The molecule has 1 aliphatic rings. The molecule has 0 aliphatic heterocycles. The number of carboxylic acid groups (broad SMARTS) is 1. The lowest BCUT2D eigenvalue weighted by atomic mass is 10.4. The van der Waals surface area contributed by atoms with Gasteiger partial charge in [-0.15, -0.1) is 0 Å². The first kappa shape index (κ1) is 17.2. The number of carbonyl (C=O) groups excluding carboxylic acids is 2. The van der Waals surface area contributed by atoms with E-state index in [4.69, 9.17) is 14.6 Å². The van der Waals surface area contributed by atoms with E-state index in [0.717, 1.165) is 12.8 Å². The van der Waals surface area contributed by atoms with E-state index in [9.17, 15) is 14.4 Å². The van der Waals surface area contributed by atoms with Crippen LogP contribution in [0.1, 0.15) is 19.8 Å². The van der Waals surface area contributed by atoms with Gasteiger partial charge in [-0.25, -0.2) is 4.79 Å². The lowest BCUT2D eigenvalue weighted by Crippen LogP contribution is -2.49. The molecule has 0 aromatic rings. The van der Waals surface area contributed by atoms with Crippen LogP contribution in [0.25, 0.3) is 0 Å². The van der Waals surface area contributed by atoms with Crippen LogP contribution in [0.2, 0.25) is 0 Å². The van der Waals surface area contributed by atoms with Crippen molar-refractivity contribution in [2.75, 3.05) is 40.0 Å². The monoisotopic (exact) mass is 302 g/mol. The Morgan fingerprint density at radius 3 is 2.38 bits per heavy atom. The number of rotatable bonds is 9. The van der Waals surface area contributed by atoms with Gasteiger partial charge in [0.15, 0.2) is 0 Å². The standard InChI is InChI=1S/C13H22N2O6/c1-3-21-12(18)9-14(6-7-20-2)13(19)15(8-11(16)17)10-4-5-10/h10H,3-9H2,1-2H3,(H,16,17). The lowest BCUT2D eigenvalue weighted by molar-refractivity contribution is -0.144. The quantitative estimate of drug-likeness (QED) is 0.610. The van der Waals surface area contributed by atoms with E-state index >= 15 is 0 Å². The molecule has 21 heavy (non-hydrogen) atoms. The summed E-state index contributed by atoms with van der Waals surface area (Å²) >= 11 is 0. The lowest BCUT2D eigenvalue weighted by Gasteiger charge is -2.29. The Morgan fingerprint density at radius 1 is 1.24 bits per heavy atom. The molecule has 1 N–H and O–H groups in total. The van der Waals surface area contributed by atoms with Crippen LogP contribution >= 0.6 is 0 Å². The fourth-order valence-corrected chi connectivity index (χ4v) is 1.87. The summed E-state index contributed by atoms with van der Waals surface area (Å²) < 4.78 is 9.75. The molecule has 0 aromatic carbocycles. The summed E-state index contributed by atoms with van der Waals surface area (Å²) in [6, 6.07) is -0.522. The Hall–Kier alpha value is -1.83. The van der Waals surface area contributed by atoms with Gasteiger partial charge in [-0.2, -0.15) is 0 Å². The molecule has 1 saturated carbocycles. The molecule has 0 spiro atoms. The van der Waals surface area contributed by atoms with Gasteiger partial charge in [0.2, 0.25) is 0 Å². The number of urea groups is 1. The molecular weight excluding hydrogens is 280 g/mol. The highest BCUT2D eigenvalue weighted by atomic mass is 16.5. The normalized spacial score (nSPS) is 13.6. The van der Waals surface area contributed by atoms with Gasteiger partial charge in [0, 0.05) is 19.7 Å². The molecule has 120 valence electrons. The Labute approximate surface area is 123 Å². The minimum Gasteiger partial charge on any atom is -0.480 e. The van der Waals surface area contributed by atoms with Gasteiger partial charge < -0.3 is 24.4 Å². The molecule has 0 heterocycles. The van der Waals surface area contributed by atoms with E-state index < -0.39 is 18.0 Å². The minimum absolute atomic E-state index is 0.0548. The average Bonchev–Trinajstić information content (AvgIpc) is 3.24. The number of carbonyl (C=O) groups is 3. The van der Waals surface area contributed by atoms with E-state index in [1.807, 2.05) is 0 Å². The summed E-state index contributed by atoms with van der Waals surface area (Å²) in [5.74, 6) is -1.59. The van der Waals surface area contributed by atoms with Crippen molar-refractivity contribution in [3.63, 3.8) is 0 Å². The number of methoxy groups -OCH3 is 1. The number of nitrogens with zero attached hydrogens (tertiary/aromatic N) is 2. The van der Waals surface area contributed by atoms with Crippen molar-refractivity contribution in [2.24, 2.45) is 0 Å². The second-order valence-corrected chi connectivity index (χ2v) is 4.75. The third-order valence-corrected chi connectivity index (χ3v) is 3.00. The Bertz CT molecular complexity index is 383. The number of esters is 1. The number of aliphatic carboxylic acids is 1. The number of hydrogen-bond donors (Lipinski definition) is 1. The largest absolute Gasteiger partial charge is 0.480 e. The zero-order valence-corrected chi connectivity index (χ0v) is 12.4. The fraction of sp³-hybridized carbons (Fsp3) is 0.769. The number of hydrogen-bond acceptors (Lipinski definition) is 5. The van der Waals surface area contributed by atoms with E-state index in [-0.39, 0.29) is 38.9 Å². The Morgan fingerprint density at radius 2 is 1.90 bits per heavy atom. The molecule has 1 fully saturated rings. The number of ether oxygens (including phenoxy) is 2. The predicted molar refractivity (Wildman–Crippen MR) is 72.8 cm³/mol. The third-order valence-electron chi connectivity index (χ3n) is 3.00. The van der Waals surface area contributed by atoms with Crippen molar-refractivity contribution < 1.29 is 29.0 Å². The second-order valence-electron chi connectivity index (χ2n) is 4.75. The molecule has 1 aliphatic carbocycles. The fourth-order valence-electron chi connectivity index (χ4n) is 1.87. The summed E-state index contributed by atoms with van der Waals surface area (Å²) in [5.41, 5.74) is 0. The first-order chi connectivity index (χ1) is 9.99. The molecule has 8 heteroatoms. The van der Waals surface area contributed by atoms with Crippen molar-refractivity contribution in [2.45, 2.75) is 25.8 Å². The van der Waals surface area contributed by atoms with Crippen LogP contribution in [-0.4, -0.2) is 78.9 Å². The molecule has 1 rings (SSSR count). The molecule has 8 nitrogen and oxygen atoms in total. The zero-order chi connectivity index (χ0) is 15.8. The van der Waals surface area contributed by atoms with Crippen molar-refractivity contribution in [3.05, 3.63) is 0 Å². The molecule has 0 atom stereocenters. The topological polar surface area (TPSA) is 96.4 Å². The smallest absolute Gasteiger partial charge is 0.325 e. The molecule has 0 saturated heterocycles. The second kappa shape index (κ2) is 8.46. The maximum Gasteiger partial charge on any atom is 0.325 e. The van der Waals surface area contributed by atoms with E-state index in [2.05, 4.69) is 0 Å². The number of amides is 2. The van der Waals surface area contributed by atoms with Crippen LogP contribution in [0.4, 0.5) is 4.79 Å². The van der Waals surface area contributed by atoms with E-state index in [1.165, 1.54) is 16.9 Å². The summed E-state index contributed by atoms with van der Waals surface area (Å²) in [6.07, 6.45) is 1.58. The van der Waals surface area contributed by atoms with E-state index in [1.54, 1.807) is 6.92 Å². The van der Waals surface area contributed by atoms with E-state index in [0.29, 0.717) is 0 Å². The summed E-state index contributed by atoms with van der Waals surface area (Å²) in [4.78, 5) is 37.4. The zero-order valence-electron chi connectivity index (χ0n) is 12.4. The van der Waals surface area contributed by atoms with Crippen LogP contribution in [0.3, 0.4) is 0 Å². The van der Waals surface area contributed by atoms with Crippen LogP contribution in [0.5, 0.6) is 0 Å². The van der Waals surface area contributed by atoms with Crippen LogP contribution in [0.15, 0.2) is 0 Å². The third kappa shape index (κ3) is 5.99. The van der Waals surface area contributed by atoms with Gasteiger partial charge >= 0.3 is 18.0 Å². The van der Waals surface area contributed by atoms with Crippen molar-refractivity contribution in [3.8, 4) is 0 Å². The van der Waals surface area contributed by atoms with Gasteiger partial charge in [-0.3, -0.25) is 9.59 Å². The molecule has 0 aromatic heterocycles. The highest BCUT2D eigenvalue weighted by Crippen LogP contribution is 2.27. The molecule has 0 radical (unpaired) electrons.